The second-order valence-electron chi connectivity index (χ2n) is 8.71. The number of alkyl halides is 5. The third kappa shape index (κ3) is 4.88. The first kappa shape index (κ1) is 24.5. The molecule has 1 aliphatic heterocycles. The van der Waals surface area contributed by atoms with E-state index >= 15 is 0 Å². The van der Waals surface area contributed by atoms with E-state index in [0.29, 0.717) is 22.8 Å². The summed E-state index contributed by atoms with van der Waals surface area (Å²) in [4.78, 5) is 26.6. The van der Waals surface area contributed by atoms with Crippen molar-refractivity contribution in [1.82, 2.24) is 19.9 Å². The summed E-state index contributed by atoms with van der Waals surface area (Å²) in [5, 5.41) is 3.25. The van der Waals surface area contributed by atoms with Gasteiger partial charge >= 0.3 is 6.18 Å². The van der Waals surface area contributed by atoms with Crippen LogP contribution in [0.2, 0.25) is 0 Å². The number of aromatic nitrogens is 3. The van der Waals surface area contributed by atoms with Gasteiger partial charge in [-0.05, 0) is 30.5 Å². The predicted molar refractivity (Wildman–Crippen MR) is 119 cm³/mol. The quantitative estimate of drug-likeness (QED) is 0.423. The lowest BCUT2D eigenvalue weighted by Gasteiger charge is -2.27. The summed E-state index contributed by atoms with van der Waals surface area (Å²) in [6, 6.07) is 3.93. The Hall–Kier alpha value is -3.22. The van der Waals surface area contributed by atoms with Gasteiger partial charge in [0.2, 0.25) is 5.95 Å². The Kier molecular flexibility index (Phi) is 6.13. The zero-order valence-electron chi connectivity index (χ0n) is 18.5. The van der Waals surface area contributed by atoms with Crippen molar-refractivity contribution in [3.63, 3.8) is 0 Å². The molecule has 1 aliphatic carbocycles. The molecule has 13 heteroatoms. The number of likely N-dealkylation sites (tertiary alicyclic amines) is 1. The third-order valence-corrected chi connectivity index (χ3v) is 7.39. The molecule has 36 heavy (non-hydrogen) atoms. The van der Waals surface area contributed by atoms with Crippen LogP contribution in [0.1, 0.15) is 46.2 Å². The number of carbonyl (C=O) groups excluding carboxylic acids is 1. The SMILES string of the molecule is O=C(c1nc(C2CC2)sc1-c1ccc(F)cc1)N1CCC(F)(F)C1CNc1ncc(C(F)(F)F)cn1. The molecule has 6 nitrogen and oxygen atoms in total. The summed E-state index contributed by atoms with van der Waals surface area (Å²) in [5.41, 5.74) is -0.482. The average molecular weight is 527 g/mol. The van der Waals surface area contributed by atoms with Crippen LogP contribution in [0.5, 0.6) is 0 Å². The van der Waals surface area contributed by atoms with Crippen molar-refractivity contribution in [2.24, 2.45) is 0 Å². The molecule has 2 aromatic heterocycles. The van der Waals surface area contributed by atoms with Crippen molar-refractivity contribution >= 4 is 23.2 Å². The minimum Gasteiger partial charge on any atom is -0.352 e. The largest absolute Gasteiger partial charge is 0.419 e. The van der Waals surface area contributed by atoms with E-state index in [1.165, 1.54) is 35.6 Å². The van der Waals surface area contributed by atoms with Gasteiger partial charge in [0.05, 0.1) is 15.4 Å². The normalized spacial score (nSPS) is 19.5. The highest BCUT2D eigenvalue weighted by atomic mass is 32.1. The highest BCUT2D eigenvalue weighted by Crippen LogP contribution is 2.45. The summed E-state index contributed by atoms with van der Waals surface area (Å²) in [6.07, 6.45) is -2.26. The first-order chi connectivity index (χ1) is 17.0. The molecule has 1 N–H and O–H groups in total. The van der Waals surface area contributed by atoms with Crippen molar-refractivity contribution in [2.45, 2.75) is 43.3 Å². The van der Waals surface area contributed by atoms with Gasteiger partial charge in [-0.15, -0.1) is 11.3 Å². The Morgan fingerprint density at radius 2 is 1.81 bits per heavy atom. The van der Waals surface area contributed by atoms with Crippen LogP contribution in [-0.2, 0) is 6.18 Å². The molecule has 1 aromatic carbocycles. The molecule has 1 unspecified atom stereocenters. The molecule has 0 bridgehead atoms. The van der Waals surface area contributed by atoms with Gasteiger partial charge in [0.1, 0.15) is 17.6 Å². The molecular weight excluding hydrogens is 508 g/mol. The molecule has 2 aliphatic rings. The Labute approximate surface area is 205 Å². The van der Waals surface area contributed by atoms with Crippen LogP contribution in [-0.4, -0.2) is 50.8 Å². The topological polar surface area (TPSA) is 71.0 Å². The van der Waals surface area contributed by atoms with Crippen molar-refractivity contribution in [3.05, 3.63) is 58.7 Å². The molecule has 1 atom stereocenters. The number of hydrogen-bond acceptors (Lipinski definition) is 6. The van der Waals surface area contributed by atoms with E-state index in [9.17, 15) is 31.1 Å². The van der Waals surface area contributed by atoms with Crippen LogP contribution >= 0.6 is 11.3 Å². The minimum absolute atomic E-state index is 0.0296. The molecule has 0 radical (unpaired) electrons. The van der Waals surface area contributed by atoms with E-state index in [1.807, 2.05) is 0 Å². The molecule has 3 aromatic rings. The van der Waals surface area contributed by atoms with Crippen LogP contribution in [0.15, 0.2) is 36.7 Å². The summed E-state index contributed by atoms with van der Waals surface area (Å²) in [7, 11) is 0. The van der Waals surface area contributed by atoms with Gasteiger partial charge in [-0.1, -0.05) is 12.1 Å². The zero-order chi connectivity index (χ0) is 25.7. The van der Waals surface area contributed by atoms with Gasteiger partial charge in [-0.3, -0.25) is 4.79 Å². The van der Waals surface area contributed by atoms with Crippen molar-refractivity contribution in [2.75, 3.05) is 18.4 Å². The van der Waals surface area contributed by atoms with Crippen LogP contribution in [0.3, 0.4) is 0 Å². The first-order valence-corrected chi connectivity index (χ1v) is 11.9. The van der Waals surface area contributed by atoms with Crippen LogP contribution in [0.25, 0.3) is 10.4 Å². The average Bonchev–Trinajstić information content (AvgIpc) is 3.51. The maximum Gasteiger partial charge on any atom is 0.419 e. The molecule has 1 amide bonds. The molecule has 190 valence electrons. The zero-order valence-corrected chi connectivity index (χ0v) is 19.3. The number of nitrogens with one attached hydrogen (secondary N) is 1. The number of nitrogens with zero attached hydrogens (tertiary/aromatic N) is 4. The van der Waals surface area contributed by atoms with Gasteiger partial charge in [0.25, 0.3) is 11.8 Å². The van der Waals surface area contributed by atoms with Gasteiger partial charge in [-0.25, -0.2) is 28.1 Å². The van der Waals surface area contributed by atoms with Crippen LogP contribution in [0, 0.1) is 5.82 Å². The lowest BCUT2D eigenvalue weighted by atomic mass is 10.1. The highest BCUT2D eigenvalue weighted by molar-refractivity contribution is 7.15. The minimum atomic E-state index is -4.63. The predicted octanol–water partition coefficient (Wildman–Crippen LogP) is 5.60. The van der Waals surface area contributed by atoms with E-state index in [1.54, 1.807) is 0 Å². The van der Waals surface area contributed by atoms with Crippen molar-refractivity contribution < 1.29 is 31.1 Å². The van der Waals surface area contributed by atoms with Gasteiger partial charge in [0.15, 0.2) is 0 Å². The maximum absolute atomic E-state index is 14.8. The highest BCUT2D eigenvalue weighted by Gasteiger charge is 2.51. The van der Waals surface area contributed by atoms with E-state index in [0.717, 1.165) is 22.7 Å². The van der Waals surface area contributed by atoms with Gasteiger partial charge in [-0.2, -0.15) is 13.2 Å². The van der Waals surface area contributed by atoms with Crippen LogP contribution < -0.4 is 5.32 Å². The number of anilines is 1. The Morgan fingerprint density at radius 3 is 2.42 bits per heavy atom. The van der Waals surface area contributed by atoms with E-state index in [4.69, 9.17) is 0 Å². The fourth-order valence-corrected chi connectivity index (χ4v) is 5.23. The number of hydrogen-bond donors (Lipinski definition) is 1. The maximum atomic E-state index is 14.8. The summed E-state index contributed by atoms with van der Waals surface area (Å²) >= 11 is 1.29. The van der Waals surface area contributed by atoms with Gasteiger partial charge in [0, 0.05) is 37.8 Å². The smallest absolute Gasteiger partial charge is 0.352 e. The summed E-state index contributed by atoms with van der Waals surface area (Å²) in [6.45, 7) is -0.708. The van der Waals surface area contributed by atoms with Crippen molar-refractivity contribution in [1.29, 1.82) is 0 Å². The van der Waals surface area contributed by atoms with Gasteiger partial charge < -0.3 is 10.2 Å². The number of benzene rings is 1. The summed E-state index contributed by atoms with van der Waals surface area (Å²) in [5.74, 6) is -4.44. The molecule has 0 spiro atoms. The second kappa shape index (κ2) is 9.02. The number of halogens is 6. The Balaban J connectivity index is 1.39. The Bertz CT molecular complexity index is 1260. The lowest BCUT2D eigenvalue weighted by molar-refractivity contribution is -0.138. The second-order valence-corrected chi connectivity index (χ2v) is 9.74. The summed E-state index contributed by atoms with van der Waals surface area (Å²) < 4.78 is 81.2. The van der Waals surface area contributed by atoms with Crippen LogP contribution in [0.4, 0.5) is 32.3 Å². The van der Waals surface area contributed by atoms with E-state index in [2.05, 4.69) is 20.3 Å². The van der Waals surface area contributed by atoms with E-state index in [-0.39, 0.29) is 24.1 Å². The van der Waals surface area contributed by atoms with Crippen molar-refractivity contribution in [3.8, 4) is 10.4 Å². The van der Waals surface area contributed by atoms with E-state index < -0.39 is 48.4 Å². The Morgan fingerprint density at radius 1 is 1.14 bits per heavy atom. The fraction of sp³-hybridized carbons (Fsp3) is 0.391. The number of carbonyl (C=O) groups is 1. The monoisotopic (exact) mass is 527 g/mol. The molecule has 1 saturated carbocycles. The number of rotatable bonds is 6. The lowest BCUT2D eigenvalue weighted by Crippen LogP contribution is -2.47. The number of thiazole rings is 1. The first-order valence-electron chi connectivity index (χ1n) is 11.1. The standard InChI is InChI=1S/C23H19F6N5OS/c24-15-5-3-12(4-6-15)18-17(33-19(36-18)13-1-2-13)20(35)34-8-7-22(25,26)16(34)11-32-21-30-9-14(10-31-21)23(27,28)29/h3-6,9-10,13,16H,1-2,7-8,11H2,(H,30,31,32). The third-order valence-electron chi connectivity index (χ3n) is 6.12. The molecule has 1 saturated heterocycles. The molecule has 5 rings (SSSR count). The fourth-order valence-electron chi connectivity index (χ4n) is 4.00. The molecular formula is C23H19F6N5OS. The number of amides is 1. The molecule has 3 heterocycles. The molecule has 2 fully saturated rings.